The zero-order valence-electron chi connectivity index (χ0n) is 15.1. The average Bonchev–Trinajstić information content (AvgIpc) is 2.42. The Morgan fingerprint density at radius 2 is 1.09 bits per heavy atom. The summed E-state index contributed by atoms with van der Waals surface area (Å²) in [6, 6.07) is 0. The molecule has 2 N–H and O–H groups in total. The number of rotatable bonds is 14. The second-order valence-electron chi connectivity index (χ2n) is 5.45. The second-order valence-corrected chi connectivity index (χ2v) is 6.34. The van der Waals surface area contributed by atoms with Crippen molar-refractivity contribution in [1.29, 1.82) is 0 Å². The Morgan fingerprint density at radius 3 is 1.39 bits per heavy atom. The van der Waals surface area contributed by atoms with Gasteiger partial charge in [-0.25, -0.2) is 0 Å². The molecule has 7 heteroatoms. The van der Waals surface area contributed by atoms with Crippen LogP contribution in [0.4, 0.5) is 0 Å². The summed E-state index contributed by atoms with van der Waals surface area (Å²) in [4.78, 5) is 0. The van der Waals surface area contributed by atoms with Crippen LogP contribution in [0.25, 0.3) is 0 Å². The molecule has 5 nitrogen and oxygen atoms in total. The Bertz CT molecular complexity index is 275. The van der Waals surface area contributed by atoms with Crippen molar-refractivity contribution in [2.45, 2.75) is 84.0 Å². The van der Waals surface area contributed by atoms with Crippen molar-refractivity contribution < 1.29 is 51.8 Å². The molecule has 0 aromatic rings. The molecule has 0 amide bonds. The second kappa shape index (κ2) is 22.8. The van der Waals surface area contributed by atoms with E-state index in [1.165, 1.54) is 77.0 Å². The van der Waals surface area contributed by atoms with E-state index in [0.29, 0.717) is 6.61 Å². The van der Waals surface area contributed by atoms with Crippen LogP contribution >= 0.6 is 0 Å². The predicted molar refractivity (Wildman–Crippen MR) is 91.4 cm³/mol. The molecule has 0 saturated carbocycles. The summed E-state index contributed by atoms with van der Waals surface area (Å²) in [5.41, 5.74) is 0. The van der Waals surface area contributed by atoms with Gasteiger partial charge in [-0.2, -0.15) is 8.42 Å². The standard InChI is InChI=1S/C16H33O.Na.H2O4S/c1-3-5-6-7-8-9-10-11-12-13-14-15-16-17-4-2;;1-5(2,3)4/h2-16H2,1H3;;(H2,1,2,3,4)/q-1;+1;. The van der Waals surface area contributed by atoms with Gasteiger partial charge in [0.2, 0.25) is 0 Å². The van der Waals surface area contributed by atoms with Crippen LogP contribution in [0.2, 0.25) is 0 Å². The van der Waals surface area contributed by atoms with Gasteiger partial charge in [0.1, 0.15) is 0 Å². The zero-order chi connectivity index (χ0) is 17.1. The first-order chi connectivity index (χ1) is 10.4. The van der Waals surface area contributed by atoms with Gasteiger partial charge in [0.05, 0.1) is 0 Å². The molecular formula is C16H35NaO5S. The maximum absolute atomic E-state index is 8.74. The first kappa shape index (κ1) is 28.6. The third-order valence-corrected chi connectivity index (χ3v) is 3.29. The van der Waals surface area contributed by atoms with Gasteiger partial charge in [-0.3, -0.25) is 9.11 Å². The Labute approximate surface area is 165 Å². The van der Waals surface area contributed by atoms with E-state index in [-0.39, 0.29) is 29.6 Å². The number of hydrogen-bond acceptors (Lipinski definition) is 3. The molecule has 0 fully saturated rings. The van der Waals surface area contributed by atoms with Gasteiger partial charge >= 0.3 is 40.0 Å². The first-order valence-corrected chi connectivity index (χ1v) is 9.88. The summed E-state index contributed by atoms with van der Waals surface area (Å²) >= 11 is 0. The molecule has 0 aromatic carbocycles. The van der Waals surface area contributed by atoms with Gasteiger partial charge in [-0.05, 0) is 6.42 Å². The minimum atomic E-state index is -4.67. The van der Waals surface area contributed by atoms with E-state index in [4.69, 9.17) is 22.3 Å². The Morgan fingerprint density at radius 1 is 0.783 bits per heavy atom. The molecule has 0 aliphatic heterocycles. The molecule has 0 aliphatic carbocycles. The summed E-state index contributed by atoms with van der Waals surface area (Å²) in [6.45, 7) is 7.46. The molecular weight excluding hydrogens is 327 g/mol. The fourth-order valence-corrected chi connectivity index (χ4v) is 2.15. The molecule has 23 heavy (non-hydrogen) atoms. The van der Waals surface area contributed by atoms with Crippen molar-refractivity contribution in [3.8, 4) is 0 Å². The molecule has 0 atom stereocenters. The maximum Gasteiger partial charge on any atom is 1.00 e. The third kappa shape index (κ3) is 45.0. The van der Waals surface area contributed by atoms with Gasteiger partial charge in [-0.15, -0.1) is 0 Å². The molecule has 0 aromatic heterocycles. The first-order valence-electron chi connectivity index (χ1n) is 8.48. The van der Waals surface area contributed by atoms with Gasteiger partial charge in [0.25, 0.3) is 0 Å². The fraction of sp³-hybridized carbons (Fsp3) is 0.938. The van der Waals surface area contributed by atoms with E-state index < -0.39 is 10.4 Å². The van der Waals surface area contributed by atoms with E-state index in [1.54, 1.807) is 0 Å². The molecule has 0 rings (SSSR count). The van der Waals surface area contributed by atoms with Crippen molar-refractivity contribution in [2.75, 3.05) is 13.2 Å². The maximum atomic E-state index is 8.74. The van der Waals surface area contributed by atoms with Crippen LogP contribution in [-0.4, -0.2) is 30.7 Å². The van der Waals surface area contributed by atoms with Gasteiger partial charge in [0, 0.05) is 6.61 Å². The van der Waals surface area contributed by atoms with Crippen LogP contribution in [0, 0.1) is 6.92 Å². The van der Waals surface area contributed by atoms with Crippen LogP contribution in [0.3, 0.4) is 0 Å². The van der Waals surface area contributed by atoms with Gasteiger partial charge < -0.3 is 11.7 Å². The number of unbranched alkanes of at least 4 members (excludes halogenated alkanes) is 11. The summed E-state index contributed by atoms with van der Waals surface area (Å²) in [7, 11) is -4.67. The summed E-state index contributed by atoms with van der Waals surface area (Å²) in [5, 5.41) is 0. The number of ether oxygens (including phenoxy) is 1. The van der Waals surface area contributed by atoms with Gasteiger partial charge in [0.15, 0.2) is 0 Å². The fourth-order valence-electron chi connectivity index (χ4n) is 2.15. The third-order valence-electron chi connectivity index (χ3n) is 3.29. The van der Waals surface area contributed by atoms with Crippen molar-refractivity contribution in [3.63, 3.8) is 0 Å². The van der Waals surface area contributed by atoms with E-state index in [9.17, 15) is 0 Å². The van der Waals surface area contributed by atoms with Crippen LogP contribution in [0.5, 0.6) is 0 Å². The molecule has 0 spiro atoms. The van der Waals surface area contributed by atoms with Crippen molar-refractivity contribution in [2.24, 2.45) is 0 Å². The van der Waals surface area contributed by atoms with E-state index in [2.05, 4.69) is 13.8 Å². The molecule has 0 saturated heterocycles. The summed E-state index contributed by atoms with van der Waals surface area (Å²) in [6.07, 6.45) is 16.8. The largest absolute Gasteiger partial charge is 1.00 e. The minimum absolute atomic E-state index is 0. The Kier molecular flexibility index (Phi) is 28.4. The van der Waals surface area contributed by atoms with E-state index in [0.717, 1.165) is 6.61 Å². The van der Waals surface area contributed by atoms with Crippen molar-refractivity contribution in [3.05, 3.63) is 6.92 Å². The van der Waals surface area contributed by atoms with Crippen LogP contribution in [0.15, 0.2) is 0 Å². The summed E-state index contributed by atoms with van der Waals surface area (Å²) < 4.78 is 36.8. The SMILES string of the molecule is O=S(=O)(O)O.[CH2-]COCCCCCCCCCCCCCC.[Na+]. The van der Waals surface area contributed by atoms with Gasteiger partial charge in [-0.1, -0.05) is 84.2 Å². The average molecular weight is 363 g/mol. The zero-order valence-corrected chi connectivity index (χ0v) is 18.0. The Hall–Kier alpha value is 0.830. The predicted octanol–water partition coefficient (Wildman–Crippen LogP) is 1.89. The normalized spacial score (nSPS) is 10.6. The molecule has 0 aliphatic rings. The quantitative estimate of drug-likeness (QED) is 0.213. The topological polar surface area (TPSA) is 83.8 Å². The molecule has 0 radical (unpaired) electrons. The van der Waals surface area contributed by atoms with Crippen molar-refractivity contribution >= 4 is 10.4 Å². The summed E-state index contributed by atoms with van der Waals surface area (Å²) in [5.74, 6) is 0. The number of hydrogen-bond donors (Lipinski definition) is 2. The molecule has 0 bridgehead atoms. The van der Waals surface area contributed by atoms with Crippen LogP contribution in [-0.2, 0) is 15.1 Å². The monoisotopic (exact) mass is 362 g/mol. The Balaban J connectivity index is -0.000000578. The smallest absolute Gasteiger partial charge is 0.413 e. The molecule has 0 heterocycles. The van der Waals surface area contributed by atoms with E-state index in [1.807, 2.05) is 0 Å². The molecule has 0 unspecified atom stereocenters. The van der Waals surface area contributed by atoms with Crippen molar-refractivity contribution in [1.82, 2.24) is 0 Å². The van der Waals surface area contributed by atoms with E-state index >= 15 is 0 Å². The molecule has 136 valence electrons. The minimum Gasteiger partial charge on any atom is -0.413 e. The van der Waals surface area contributed by atoms with Crippen LogP contribution < -0.4 is 29.6 Å². The van der Waals surface area contributed by atoms with Crippen LogP contribution in [0.1, 0.15) is 84.0 Å².